The van der Waals surface area contributed by atoms with Gasteiger partial charge in [0.1, 0.15) is 0 Å². The lowest BCUT2D eigenvalue weighted by Gasteiger charge is -2.22. The number of nitrogens with one attached hydrogen (secondary N) is 1. The molecule has 0 aromatic rings. The Labute approximate surface area is 73.1 Å². The fraction of sp³-hybridized carbons (Fsp3) is 1.00. The van der Waals surface area contributed by atoms with Gasteiger partial charge >= 0.3 is 0 Å². The van der Waals surface area contributed by atoms with Gasteiger partial charge in [-0.05, 0) is 25.6 Å². The van der Waals surface area contributed by atoms with E-state index in [-0.39, 0.29) is 0 Å². The van der Waals surface area contributed by atoms with Crippen LogP contribution in [0.5, 0.6) is 0 Å². The van der Waals surface area contributed by atoms with Crippen LogP contribution < -0.4 is 5.32 Å². The first kappa shape index (κ1) is 9.36. The monoisotopic (exact) mass is 175 g/mol. The van der Waals surface area contributed by atoms with E-state index in [2.05, 4.69) is 11.6 Å². The van der Waals surface area contributed by atoms with Gasteiger partial charge in [-0.3, -0.25) is 0 Å². The van der Waals surface area contributed by atoms with E-state index in [1.54, 1.807) is 0 Å². The number of hydrogen-bond acceptors (Lipinski definition) is 3. The van der Waals surface area contributed by atoms with Crippen molar-refractivity contribution in [1.82, 2.24) is 5.32 Å². The van der Waals surface area contributed by atoms with E-state index < -0.39 is 0 Å². The Bertz CT molecular complexity index is 94.1. The standard InChI is InChI=1S/C8H17NOS/c1-11-6-5-10-8-3-2-4-9-7-8/h8-9H,2-7H2,1H3/t8-/m0/s1. The van der Waals surface area contributed by atoms with Crippen molar-refractivity contribution < 1.29 is 4.74 Å². The zero-order chi connectivity index (χ0) is 7.94. The Hall–Kier alpha value is 0.270. The third kappa shape index (κ3) is 3.99. The molecule has 1 heterocycles. The summed E-state index contributed by atoms with van der Waals surface area (Å²) < 4.78 is 5.64. The molecule has 1 aliphatic rings. The Kier molecular flexibility index (Phi) is 4.99. The Morgan fingerprint density at radius 1 is 1.64 bits per heavy atom. The smallest absolute Gasteiger partial charge is 0.0700 e. The van der Waals surface area contributed by atoms with Crippen LogP contribution in [0.1, 0.15) is 12.8 Å². The highest BCUT2D eigenvalue weighted by Crippen LogP contribution is 2.06. The predicted octanol–water partition coefficient (Wildman–Crippen LogP) is 1.12. The minimum absolute atomic E-state index is 0.482. The van der Waals surface area contributed by atoms with Crippen molar-refractivity contribution in [2.75, 3.05) is 31.7 Å². The van der Waals surface area contributed by atoms with Crippen LogP contribution in [0.25, 0.3) is 0 Å². The molecule has 1 atom stereocenters. The molecule has 1 N–H and O–H groups in total. The molecular weight excluding hydrogens is 158 g/mol. The second kappa shape index (κ2) is 5.86. The summed E-state index contributed by atoms with van der Waals surface area (Å²) in [5.41, 5.74) is 0. The van der Waals surface area contributed by atoms with Crippen LogP contribution in [0.4, 0.5) is 0 Å². The molecule has 1 fully saturated rings. The van der Waals surface area contributed by atoms with Crippen LogP contribution in [0.3, 0.4) is 0 Å². The van der Waals surface area contributed by atoms with Gasteiger partial charge in [0, 0.05) is 12.3 Å². The fourth-order valence-corrected chi connectivity index (χ4v) is 1.52. The minimum atomic E-state index is 0.482. The van der Waals surface area contributed by atoms with Crippen LogP contribution in [0, 0.1) is 0 Å². The molecule has 3 heteroatoms. The fourth-order valence-electron chi connectivity index (χ4n) is 1.26. The largest absolute Gasteiger partial charge is 0.376 e. The van der Waals surface area contributed by atoms with E-state index in [0.717, 1.165) is 18.9 Å². The van der Waals surface area contributed by atoms with Crippen molar-refractivity contribution in [3.8, 4) is 0 Å². The van der Waals surface area contributed by atoms with Gasteiger partial charge in [-0.25, -0.2) is 0 Å². The zero-order valence-electron chi connectivity index (χ0n) is 7.14. The minimum Gasteiger partial charge on any atom is -0.376 e. The molecule has 0 aromatic carbocycles. The van der Waals surface area contributed by atoms with Gasteiger partial charge in [0.05, 0.1) is 12.7 Å². The second-order valence-electron chi connectivity index (χ2n) is 2.83. The van der Waals surface area contributed by atoms with E-state index in [1.807, 2.05) is 11.8 Å². The normalized spacial score (nSPS) is 25.4. The lowest BCUT2D eigenvalue weighted by Crippen LogP contribution is -2.35. The number of rotatable bonds is 4. The molecule has 0 amide bonds. The molecule has 2 nitrogen and oxygen atoms in total. The summed E-state index contributed by atoms with van der Waals surface area (Å²) in [5, 5.41) is 3.33. The molecule has 0 aliphatic carbocycles. The number of ether oxygens (including phenoxy) is 1. The maximum Gasteiger partial charge on any atom is 0.0700 e. The summed E-state index contributed by atoms with van der Waals surface area (Å²) in [4.78, 5) is 0. The van der Waals surface area contributed by atoms with Crippen LogP contribution >= 0.6 is 11.8 Å². The van der Waals surface area contributed by atoms with Gasteiger partial charge in [0.25, 0.3) is 0 Å². The van der Waals surface area contributed by atoms with E-state index in [0.29, 0.717) is 6.10 Å². The van der Waals surface area contributed by atoms with Gasteiger partial charge < -0.3 is 10.1 Å². The van der Waals surface area contributed by atoms with Crippen molar-refractivity contribution in [3.63, 3.8) is 0 Å². The third-order valence-electron chi connectivity index (χ3n) is 1.89. The molecule has 11 heavy (non-hydrogen) atoms. The predicted molar refractivity (Wildman–Crippen MR) is 50.2 cm³/mol. The average molecular weight is 175 g/mol. The van der Waals surface area contributed by atoms with E-state index in [9.17, 15) is 0 Å². The molecule has 0 aromatic heterocycles. The Balaban J connectivity index is 1.96. The van der Waals surface area contributed by atoms with Crippen LogP contribution in [0.2, 0.25) is 0 Å². The SMILES string of the molecule is CSCCO[C@H]1CCCNC1. The number of thioether (sulfide) groups is 1. The third-order valence-corrected chi connectivity index (χ3v) is 2.47. The molecule has 0 unspecified atom stereocenters. The van der Waals surface area contributed by atoms with Crippen LogP contribution in [-0.2, 0) is 4.74 Å². The molecule has 0 spiro atoms. The summed E-state index contributed by atoms with van der Waals surface area (Å²) in [7, 11) is 0. The lowest BCUT2D eigenvalue weighted by molar-refractivity contribution is 0.0475. The van der Waals surface area contributed by atoms with Crippen molar-refractivity contribution in [1.29, 1.82) is 0 Å². The molecule has 1 aliphatic heterocycles. The summed E-state index contributed by atoms with van der Waals surface area (Å²) in [6, 6.07) is 0. The van der Waals surface area contributed by atoms with Gasteiger partial charge in [-0.1, -0.05) is 0 Å². The van der Waals surface area contributed by atoms with Gasteiger partial charge in [-0.2, -0.15) is 11.8 Å². The van der Waals surface area contributed by atoms with Crippen LogP contribution in [-0.4, -0.2) is 37.8 Å². The van der Waals surface area contributed by atoms with E-state index >= 15 is 0 Å². The zero-order valence-corrected chi connectivity index (χ0v) is 7.95. The van der Waals surface area contributed by atoms with Gasteiger partial charge in [0.2, 0.25) is 0 Å². The molecule has 1 saturated heterocycles. The lowest BCUT2D eigenvalue weighted by atomic mass is 10.1. The molecule has 1 rings (SSSR count). The van der Waals surface area contributed by atoms with Crippen molar-refractivity contribution >= 4 is 11.8 Å². The summed E-state index contributed by atoms with van der Waals surface area (Å²) in [6.45, 7) is 3.13. The van der Waals surface area contributed by atoms with Crippen molar-refractivity contribution in [2.45, 2.75) is 18.9 Å². The maximum atomic E-state index is 5.64. The average Bonchev–Trinajstić information content (AvgIpc) is 2.07. The highest BCUT2D eigenvalue weighted by molar-refractivity contribution is 7.98. The van der Waals surface area contributed by atoms with E-state index in [1.165, 1.54) is 19.4 Å². The first-order valence-corrected chi connectivity index (χ1v) is 5.64. The number of piperidine rings is 1. The van der Waals surface area contributed by atoms with Crippen molar-refractivity contribution in [3.05, 3.63) is 0 Å². The maximum absolute atomic E-state index is 5.64. The molecule has 0 bridgehead atoms. The van der Waals surface area contributed by atoms with E-state index in [4.69, 9.17) is 4.74 Å². The highest BCUT2D eigenvalue weighted by Gasteiger charge is 2.11. The Morgan fingerprint density at radius 3 is 3.18 bits per heavy atom. The first-order chi connectivity index (χ1) is 5.43. The Morgan fingerprint density at radius 2 is 2.55 bits per heavy atom. The molecule has 0 saturated carbocycles. The van der Waals surface area contributed by atoms with Crippen molar-refractivity contribution in [2.24, 2.45) is 0 Å². The molecule has 0 radical (unpaired) electrons. The number of hydrogen-bond donors (Lipinski definition) is 1. The summed E-state index contributed by atoms with van der Waals surface area (Å²) in [6.07, 6.45) is 5.10. The van der Waals surface area contributed by atoms with Gasteiger partial charge in [0.15, 0.2) is 0 Å². The molecule has 66 valence electrons. The quantitative estimate of drug-likeness (QED) is 0.647. The summed E-state index contributed by atoms with van der Waals surface area (Å²) in [5.74, 6) is 1.12. The first-order valence-electron chi connectivity index (χ1n) is 4.24. The van der Waals surface area contributed by atoms with Gasteiger partial charge in [-0.15, -0.1) is 0 Å². The second-order valence-corrected chi connectivity index (χ2v) is 3.82. The topological polar surface area (TPSA) is 21.3 Å². The van der Waals surface area contributed by atoms with Crippen LogP contribution in [0.15, 0.2) is 0 Å². The summed E-state index contributed by atoms with van der Waals surface area (Å²) >= 11 is 1.84. The highest BCUT2D eigenvalue weighted by atomic mass is 32.2. The molecular formula is C8H17NOS.